The van der Waals surface area contributed by atoms with Gasteiger partial charge in [-0.2, -0.15) is 8.42 Å². The molecule has 1 atom stereocenters. The lowest BCUT2D eigenvalue weighted by Gasteiger charge is -2.35. The second kappa shape index (κ2) is 6.55. The van der Waals surface area contributed by atoms with E-state index in [0.717, 1.165) is 19.4 Å². The summed E-state index contributed by atoms with van der Waals surface area (Å²) in [5.74, 6) is 0.541. The van der Waals surface area contributed by atoms with Crippen LogP contribution >= 0.6 is 0 Å². The number of piperidine rings is 1. The van der Waals surface area contributed by atoms with Crippen molar-refractivity contribution in [2.24, 2.45) is 10.3 Å². The highest BCUT2D eigenvalue weighted by Crippen LogP contribution is 2.30. The summed E-state index contributed by atoms with van der Waals surface area (Å²) in [4.78, 5) is 16.7. The molecule has 1 aromatic rings. The van der Waals surface area contributed by atoms with Crippen molar-refractivity contribution >= 4 is 21.8 Å². The molecule has 0 aliphatic carbocycles. The highest BCUT2D eigenvalue weighted by Gasteiger charge is 2.35. The summed E-state index contributed by atoms with van der Waals surface area (Å²) >= 11 is 0. The summed E-state index contributed by atoms with van der Waals surface area (Å²) < 4.78 is 28.4. The van der Waals surface area contributed by atoms with E-state index < -0.39 is 10.0 Å². The zero-order chi connectivity index (χ0) is 17.3. The van der Waals surface area contributed by atoms with Crippen LogP contribution < -0.4 is 0 Å². The number of likely N-dealkylation sites (tertiary alicyclic amines) is 1. The average molecular weight is 349 g/mol. The molecule has 6 nitrogen and oxygen atoms in total. The Morgan fingerprint density at radius 2 is 2.00 bits per heavy atom. The molecule has 0 aromatic heterocycles. The molecule has 0 saturated carbocycles. The van der Waals surface area contributed by atoms with E-state index in [-0.39, 0.29) is 16.7 Å². The highest BCUT2D eigenvalue weighted by molar-refractivity contribution is 7.90. The van der Waals surface area contributed by atoms with Crippen molar-refractivity contribution in [3.8, 4) is 0 Å². The van der Waals surface area contributed by atoms with Crippen LogP contribution in [0.2, 0.25) is 0 Å². The number of rotatable bonds is 3. The predicted molar refractivity (Wildman–Crippen MR) is 92.4 cm³/mol. The first-order valence-corrected chi connectivity index (χ1v) is 9.90. The van der Waals surface area contributed by atoms with Crippen LogP contribution in [0.3, 0.4) is 0 Å². The van der Waals surface area contributed by atoms with E-state index in [1.54, 1.807) is 18.2 Å². The number of amides is 1. The van der Waals surface area contributed by atoms with Crippen LogP contribution in [0.15, 0.2) is 33.6 Å². The third-order valence-electron chi connectivity index (χ3n) is 4.76. The van der Waals surface area contributed by atoms with E-state index in [2.05, 4.69) is 4.40 Å². The molecule has 3 rings (SSSR count). The Balaban J connectivity index is 1.85. The van der Waals surface area contributed by atoms with Gasteiger partial charge in [0.05, 0.1) is 5.92 Å². The van der Waals surface area contributed by atoms with Crippen LogP contribution in [-0.2, 0) is 14.8 Å². The van der Waals surface area contributed by atoms with E-state index in [1.165, 1.54) is 0 Å². The molecule has 7 heteroatoms. The van der Waals surface area contributed by atoms with Crippen LogP contribution in [0, 0.1) is 5.92 Å². The van der Waals surface area contributed by atoms with Crippen molar-refractivity contribution in [3.63, 3.8) is 0 Å². The van der Waals surface area contributed by atoms with Gasteiger partial charge in [-0.05, 0) is 38.8 Å². The average Bonchev–Trinajstić information content (AvgIpc) is 2.88. The minimum atomic E-state index is -3.62. The Bertz CT molecular complexity index is 769. The first-order chi connectivity index (χ1) is 11.5. The molecule has 2 aliphatic heterocycles. The summed E-state index contributed by atoms with van der Waals surface area (Å²) in [5.41, 5.74) is 0.647. The summed E-state index contributed by atoms with van der Waals surface area (Å²) in [5, 5.41) is 0. The number of nitrogens with zero attached hydrogens (tertiary/aromatic N) is 3. The largest absolute Gasteiger partial charge is 0.355 e. The maximum absolute atomic E-state index is 12.6. The summed E-state index contributed by atoms with van der Waals surface area (Å²) in [6.07, 6.45) is 1.70. The number of carbonyl (C=O) groups excluding carboxylic acids is 1. The fourth-order valence-electron chi connectivity index (χ4n) is 3.48. The number of amidine groups is 1. The van der Waals surface area contributed by atoms with Gasteiger partial charge in [-0.3, -0.25) is 4.79 Å². The zero-order valence-corrected chi connectivity index (χ0v) is 14.9. The van der Waals surface area contributed by atoms with Crippen molar-refractivity contribution in [2.45, 2.75) is 31.6 Å². The van der Waals surface area contributed by atoms with Gasteiger partial charge < -0.3 is 9.80 Å². The molecule has 1 fully saturated rings. The number of sulfonamides is 1. The van der Waals surface area contributed by atoms with Gasteiger partial charge in [0.1, 0.15) is 4.90 Å². The molecular weight excluding hydrogens is 326 g/mol. The molecule has 2 heterocycles. The number of benzene rings is 1. The third kappa shape index (κ3) is 2.92. The molecule has 0 radical (unpaired) electrons. The molecule has 1 saturated heterocycles. The van der Waals surface area contributed by atoms with Gasteiger partial charge in [-0.1, -0.05) is 12.1 Å². The second-order valence-electron chi connectivity index (χ2n) is 6.18. The number of hydrogen-bond donors (Lipinski definition) is 0. The predicted octanol–water partition coefficient (Wildman–Crippen LogP) is 1.72. The molecule has 0 bridgehead atoms. The third-order valence-corrected chi connectivity index (χ3v) is 6.08. The maximum atomic E-state index is 12.6. The van der Waals surface area contributed by atoms with E-state index in [1.807, 2.05) is 29.7 Å². The minimum Gasteiger partial charge on any atom is -0.355 e. The van der Waals surface area contributed by atoms with E-state index in [0.29, 0.717) is 31.0 Å². The van der Waals surface area contributed by atoms with Gasteiger partial charge in [0, 0.05) is 31.7 Å². The van der Waals surface area contributed by atoms with Gasteiger partial charge in [-0.25, -0.2) is 0 Å². The molecule has 1 aromatic carbocycles. The SMILES string of the molecule is CCN(CC)C(=O)[C@@H]1CCCN(C2=NS(=O)(=O)c3ccccc32)C1. The molecule has 1 amide bonds. The van der Waals surface area contributed by atoms with E-state index in [9.17, 15) is 13.2 Å². The van der Waals surface area contributed by atoms with Crippen molar-refractivity contribution in [3.05, 3.63) is 29.8 Å². The first kappa shape index (κ1) is 17.0. The molecule has 2 aliphatic rings. The van der Waals surface area contributed by atoms with Gasteiger partial charge in [0.25, 0.3) is 10.0 Å². The Kier molecular flexibility index (Phi) is 4.62. The van der Waals surface area contributed by atoms with Crippen LogP contribution in [0.1, 0.15) is 32.3 Å². The summed E-state index contributed by atoms with van der Waals surface area (Å²) in [6, 6.07) is 6.90. The molecule has 0 N–H and O–H groups in total. The van der Waals surface area contributed by atoms with Gasteiger partial charge in [0.2, 0.25) is 5.91 Å². The van der Waals surface area contributed by atoms with Crippen molar-refractivity contribution in [2.75, 3.05) is 26.2 Å². The molecule has 0 spiro atoms. The fourth-order valence-corrected chi connectivity index (χ4v) is 4.71. The van der Waals surface area contributed by atoms with Gasteiger partial charge in [0.15, 0.2) is 5.84 Å². The van der Waals surface area contributed by atoms with Crippen molar-refractivity contribution in [1.82, 2.24) is 9.80 Å². The Labute approximate surface area is 143 Å². The molecule has 0 unspecified atom stereocenters. The highest BCUT2D eigenvalue weighted by atomic mass is 32.2. The summed E-state index contributed by atoms with van der Waals surface area (Å²) in [6.45, 7) is 6.61. The van der Waals surface area contributed by atoms with Crippen LogP contribution in [0.4, 0.5) is 0 Å². The molecular formula is C17H23N3O3S. The van der Waals surface area contributed by atoms with Crippen LogP contribution in [-0.4, -0.2) is 56.1 Å². The van der Waals surface area contributed by atoms with Crippen LogP contribution in [0.5, 0.6) is 0 Å². The monoisotopic (exact) mass is 349 g/mol. The lowest BCUT2D eigenvalue weighted by molar-refractivity contribution is -0.136. The van der Waals surface area contributed by atoms with E-state index in [4.69, 9.17) is 0 Å². The Hall–Kier alpha value is -1.89. The second-order valence-corrected chi connectivity index (χ2v) is 7.75. The van der Waals surface area contributed by atoms with E-state index >= 15 is 0 Å². The maximum Gasteiger partial charge on any atom is 0.285 e. The van der Waals surface area contributed by atoms with Gasteiger partial charge >= 0.3 is 0 Å². The fraction of sp³-hybridized carbons (Fsp3) is 0.529. The van der Waals surface area contributed by atoms with Crippen LogP contribution in [0.25, 0.3) is 0 Å². The van der Waals surface area contributed by atoms with Gasteiger partial charge in [-0.15, -0.1) is 4.40 Å². The normalized spacial score (nSPS) is 22.0. The van der Waals surface area contributed by atoms with Crippen molar-refractivity contribution in [1.29, 1.82) is 0 Å². The Morgan fingerprint density at radius 1 is 1.29 bits per heavy atom. The minimum absolute atomic E-state index is 0.100. The number of carbonyl (C=O) groups is 1. The Morgan fingerprint density at radius 3 is 2.71 bits per heavy atom. The summed E-state index contributed by atoms with van der Waals surface area (Å²) in [7, 11) is -3.62. The quantitative estimate of drug-likeness (QED) is 0.833. The number of fused-ring (bicyclic) bond motifs is 1. The first-order valence-electron chi connectivity index (χ1n) is 8.46. The molecule has 130 valence electrons. The standard InChI is InChI=1S/C17H23N3O3S/c1-3-19(4-2)17(21)13-8-7-11-20(12-13)16-14-9-5-6-10-15(14)24(22,23)18-16/h5-6,9-10,13H,3-4,7-8,11-12H2,1-2H3/t13-/m1/s1. The van der Waals surface area contributed by atoms with Crippen molar-refractivity contribution < 1.29 is 13.2 Å². The lowest BCUT2D eigenvalue weighted by atomic mass is 9.95. The molecule has 24 heavy (non-hydrogen) atoms. The smallest absolute Gasteiger partial charge is 0.285 e. The topological polar surface area (TPSA) is 70.1 Å². The zero-order valence-electron chi connectivity index (χ0n) is 14.1. The number of hydrogen-bond acceptors (Lipinski definition) is 4. The lowest BCUT2D eigenvalue weighted by Crippen LogP contribution is -2.46.